The molecule has 1 heterocycles. The van der Waals surface area contributed by atoms with Crippen LogP contribution in [0.5, 0.6) is 0 Å². The number of nitrogens with two attached hydrogens (primary N) is 1. The minimum absolute atomic E-state index is 0.0245. The lowest BCUT2D eigenvalue weighted by molar-refractivity contribution is -0.135. The first-order valence-electron chi connectivity index (χ1n) is 10.3. The third-order valence-electron chi connectivity index (χ3n) is 6.22. The lowest BCUT2D eigenvalue weighted by Crippen LogP contribution is -2.53. The van der Waals surface area contributed by atoms with Crippen LogP contribution in [0.4, 0.5) is 0 Å². The number of amides is 1. The van der Waals surface area contributed by atoms with Crippen LogP contribution in [-0.2, 0) is 21.2 Å². The molecule has 7 heteroatoms. The van der Waals surface area contributed by atoms with E-state index in [2.05, 4.69) is 4.90 Å². The van der Waals surface area contributed by atoms with Crippen molar-refractivity contribution < 1.29 is 13.2 Å². The number of piperidine rings is 1. The molecular formula is C21H33N3O3S. The standard InChI is InChI=1S/C21H33N3O3S/c1-23(2)21(25)17-12-20(15-24(14-17)18-8-4-3-5-9-18)28(26,27)19-10-6-7-16(11-19)13-22/h6-7,10-11,17-18,20H,3-5,8-9,12-15,22H2,1-2H3/t17-,20+/m0/s1. The average molecular weight is 408 g/mol. The average Bonchev–Trinajstić information content (AvgIpc) is 2.73. The molecule has 0 bridgehead atoms. The predicted octanol–water partition coefficient (Wildman–Crippen LogP) is 2.03. The second-order valence-electron chi connectivity index (χ2n) is 8.43. The van der Waals surface area contributed by atoms with E-state index in [1.54, 1.807) is 37.2 Å². The monoisotopic (exact) mass is 407 g/mol. The van der Waals surface area contributed by atoms with Crippen molar-refractivity contribution in [2.45, 2.75) is 61.3 Å². The number of benzene rings is 1. The molecule has 1 saturated heterocycles. The van der Waals surface area contributed by atoms with Crippen LogP contribution >= 0.6 is 0 Å². The summed E-state index contributed by atoms with van der Waals surface area (Å²) >= 11 is 0. The molecular weight excluding hydrogens is 374 g/mol. The summed E-state index contributed by atoms with van der Waals surface area (Å²) in [4.78, 5) is 16.9. The highest BCUT2D eigenvalue weighted by Crippen LogP contribution is 2.32. The molecule has 2 aliphatic rings. The zero-order valence-corrected chi connectivity index (χ0v) is 17.8. The molecule has 1 aromatic carbocycles. The molecule has 1 aliphatic heterocycles. The summed E-state index contributed by atoms with van der Waals surface area (Å²) in [6, 6.07) is 7.31. The fraction of sp³-hybridized carbons (Fsp3) is 0.667. The summed E-state index contributed by atoms with van der Waals surface area (Å²) in [7, 11) is -0.0340. The number of hydrogen-bond acceptors (Lipinski definition) is 5. The molecule has 156 valence electrons. The van der Waals surface area contributed by atoms with Gasteiger partial charge in [-0.25, -0.2) is 8.42 Å². The minimum Gasteiger partial charge on any atom is -0.349 e. The van der Waals surface area contributed by atoms with Crippen molar-refractivity contribution in [1.29, 1.82) is 0 Å². The molecule has 1 aromatic rings. The number of likely N-dealkylation sites (tertiary alicyclic amines) is 1. The summed E-state index contributed by atoms with van der Waals surface area (Å²) in [5.74, 6) is -0.250. The van der Waals surface area contributed by atoms with Crippen LogP contribution in [0.3, 0.4) is 0 Å². The van der Waals surface area contributed by atoms with Gasteiger partial charge in [0.25, 0.3) is 0 Å². The lowest BCUT2D eigenvalue weighted by atomic mass is 9.89. The Morgan fingerprint density at radius 3 is 2.54 bits per heavy atom. The number of carbonyl (C=O) groups is 1. The molecule has 1 amide bonds. The molecule has 0 unspecified atom stereocenters. The molecule has 6 nitrogen and oxygen atoms in total. The van der Waals surface area contributed by atoms with E-state index in [9.17, 15) is 13.2 Å². The summed E-state index contributed by atoms with van der Waals surface area (Å²) in [6.45, 7) is 1.48. The van der Waals surface area contributed by atoms with Crippen molar-refractivity contribution in [2.24, 2.45) is 11.7 Å². The van der Waals surface area contributed by atoms with Gasteiger partial charge < -0.3 is 10.6 Å². The quantitative estimate of drug-likeness (QED) is 0.807. The Morgan fingerprint density at radius 1 is 1.18 bits per heavy atom. The van der Waals surface area contributed by atoms with Gasteiger partial charge in [0, 0.05) is 39.8 Å². The Kier molecular flexibility index (Phi) is 6.78. The van der Waals surface area contributed by atoms with Gasteiger partial charge in [0.2, 0.25) is 5.91 Å². The molecule has 0 radical (unpaired) electrons. The third-order valence-corrected chi connectivity index (χ3v) is 8.35. The number of sulfone groups is 1. The molecule has 2 fully saturated rings. The highest BCUT2D eigenvalue weighted by molar-refractivity contribution is 7.92. The van der Waals surface area contributed by atoms with Gasteiger partial charge in [0.15, 0.2) is 9.84 Å². The zero-order valence-electron chi connectivity index (χ0n) is 17.0. The van der Waals surface area contributed by atoms with Crippen LogP contribution in [0.25, 0.3) is 0 Å². The van der Waals surface area contributed by atoms with E-state index in [1.807, 2.05) is 6.07 Å². The van der Waals surface area contributed by atoms with E-state index in [0.29, 0.717) is 37.0 Å². The first-order valence-corrected chi connectivity index (χ1v) is 11.9. The largest absolute Gasteiger partial charge is 0.349 e. The molecule has 3 rings (SSSR count). The molecule has 2 N–H and O–H groups in total. The van der Waals surface area contributed by atoms with Crippen LogP contribution in [-0.4, -0.2) is 62.6 Å². The topological polar surface area (TPSA) is 83.7 Å². The Bertz CT molecular complexity index is 788. The van der Waals surface area contributed by atoms with E-state index < -0.39 is 15.1 Å². The van der Waals surface area contributed by atoms with E-state index in [0.717, 1.165) is 18.4 Å². The number of rotatable bonds is 5. The first kappa shape index (κ1) is 21.3. The minimum atomic E-state index is -3.53. The van der Waals surface area contributed by atoms with Crippen LogP contribution in [0.2, 0.25) is 0 Å². The van der Waals surface area contributed by atoms with Crippen LogP contribution in [0, 0.1) is 5.92 Å². The summed E-state index contributed by atoms with van der Waals surface area (Å²) in [5.41, 5.74) is 6.51. The van der Waals surface area contributed by atoms with Crippen molar-refractivity contribution in [3.63, 3.8) is 0 Å². The Hall–Kier alpha value is -1.44. The van der Waals surface area contributed by atoms with Crippen molar-refractivity contribution in [1.82, 2.24) is 9.80 Å². The smallest absolute Gasteiger partial charge is 0.226 e. The summed E-state index contributed by atoms with van der Waals surface area (Å²) in [6.07, 6.45) is 6.19. The number of nitrogens with zero attached hydrogens (tertiary/aromatic N) is 2. The Balaban J connectivity index is 1.89. The van der Waals surface area contributed by atoms with Gasteiger partial charge in [0.1, 0.15) is 0 Å². The van der Waals surface area contributed by atoms with E-state index in [-0.39, 0.29) is 11.8 Å². The second kappa shape index (κ2) is 8.93. The lowest BCUT2D eigenvalue weighted by Gasteiger charge is -2.43. The Morgan fingerprint density at radius 2 is 1.89 bits per heavy atom. The normalized spacial score (nSPS) is 24.8. The number of hydrogen-bond donors (Lipinski definition) is 1. The fourth-order valence-corrected chi connectivity index (χ4v) is 6.48. The molecule has 28 heavy (non-hydrogen) atoms. The first-order chi connectivity index (χ1) is 13.3. The van der Waals surface area contributed by atoms with Gasteiger partial charge in [-0.1, -0.05) is 31.4 Å². The molecule has 1 saturated carbocycles. The maximum absolute atomic E-state index is 13.4. The van der Waals surface area contributed by atoms with Gasteiger partial charge in [-0.05, 0) is 37.0 Å². The van der Waals surface area contributed by atoms with Crippen molar-refractivity contribution in [2.75, 3.05) is 27.2 Å². The molecule has 0 spiro atoms. The van der Waals surface area contributed by atoms with E-state index in [4.69, 9.17) is 5.73 Å². The van der Waals surface area contributed by atoms with Gasteiger partial charge in [0.05, 0.1) is 16.1 Å². The SMILES string of the molecule is CN(C)C(=O)[C@H]1C[C@@H](S(=O)(=O)c2cccc(CN)c2)CN(C2CCCCC2)C1. The van der Waals surface area contributed by atoms with E-state index >= 15 is 0 Å². The molecule has 1 aliphatic carbocycles. The maximum Gasteiger partial charge on any atom is 0.226 e. The van der Waals surface area contributed by atoms with Gasteiger partial charge in [-0.3, -0.25) is 9.69 Å². The van der Waals surface area contributed by atoms with Gasteiger partial charge in [-0.2, -0.15) is 0 Å². The van der Waals surface area contributed by atoms with Crippen molar-refractivity contribution >= 4 is 15.7 Å². The van der Waals surface area contributed by atoms with Crippen molar-refractivity contribution in [3.05, 3.63) is 29.8 Å². The van der Waals surface area contributed by atoms with E-state index in [1.165, 1.54) is 19.3 Å². The van der Waals surface area contributed by atoms with Crippen molar-refractivity contribution in [3.8, 4) is 0 Å². The van der Waals surface area contributed by atoms with Crippen LogP contribution in [0.1, 0.15) is 44.1 Å². The highest BCUT2D eigenvalue weighted by Gasteiger charge is 2.41. The van der Waals surface area contributed by atoms with Crippen LogP contribution < -0.4 is 5.73 Å². The number of carbonyl (C=O) groups excluding carboxylic acids is 1. The summed E-state index contributed by atoms with van der Waals surface area (Å²) in [5, 5.41) is -0.565. The molecule has 0 aromatic heterocycles. The second-order valence-corrected chi connectivity index (χ2v) is 10.7. The molecule has 2 atom stereocenters. The predicted molar refractivity (Wildman–Crippen MR) is 111 cm³/mol. The fourth-order valence-electron chi connectivity index (χ4n) is 4.64. The highest BCUT2D eigenvalue weighted by atomic mass is 32.2. The third kappa shape index (κ3) is 4.58. The Labute approximate surface area is 169 Å². The summed E-state index contributed by atoms with van der Waals surface area (Å²) < 4.78 is 26.9. The van der Waals surface area contributed by atoms with Gasteiger partial charge >= 0.3 is 0 Å². The van der Waals surface area contributed by atoms with Crippen LogP contribution in [0.15, 0.2) is 29.2 Å². The van der Waals surface area contributed by atoms with Gasteiger partial charge in [-0.15, -0.1) is 0 Å². The maximum atomic E-state index is 13.4. The zero-order chi connectivity index (χ0) is 20.3.